The molecule has 1 saturated carbocycles. The number of rotatable bonds is 3. The highest BCUT2D eigenvalue weighted by Gasteiger charge is 2.42. The van der Waals surface area contributed by atoms with Gasteiger partial charge in [0, 0.05) is 18.8 Å². The third kappa shape index (κ3) is 2.12. The summed E-state index contributed by atoms with van der Waals surface area (Å²) in [7, 11) is 0. The first-order chi connectivity index (χ1) is 10.1. The molecule has 0 bridgehead atoms. The van der Waals surface area contributed by atoms with Crippen LogP contribution in [-0.2, 0) is 10.3 Å². The third-order valence-electron chi connectivity index (χ3n) is 3.29. The van der Waals surface area contributed by atoms with E-state index >= 15 is 0 Å². The zero-order valence-corrected chi connectivity index (χ0v) is 9.42. The monoisotopic (exact) mass is 240 g/mol. The van der Waals surface area contributed by atoms with Gasteiger partial charge in [-0.3, -0.25) is 4.79 Å². The lowest BCUT2D eigenvalue weighted by atomic mass is 9.75. The molecule has 0 radical (unpaired) electrons. The van der Waals surface area contributed by atoms with Gasteiger partial charge < -0.3 is 5.32 Å². The summed E-state index contributed by atoms with van der Waals surface area (Å²) >= 11 is 0. The lowest BCUT2D eigenvalue weighted by Crippen LogP contribution is -2.51. The molecule has 2 rings (SSSR count). The fraction of sp³-hybridized carbons (Fsp3) is 0.500. The summed E-state index contributed by atoms with van der Waals surface area (Å²) in [5.74, 6) is -1.02. The summed E-state index contributed by atoms with van der Waals surface area (Å²) in [6.07, 6.45) is 1.55. The largest absolute Gasteiger partial charge is 0.301 e. The second-order valence-electron chi connectivity index (χ2n) is 4.27. The Hall–Kier alpha value is -1.22. The van der Waals surface area contributed by atoms with Gasteiger partial charge in [-0.2, -0.15) is 0 Å². The molecule has 1 aromatic carbocycles. The van der Waals surface area contributed by atoms with E-state index in [1.54, 1.807) is 6.07 Å². The summed E-state index contributed by atoms with van der Waals surface area (Å²) in [5, 5.41) is 2.34. The van der Waals surface area contributed by atoms with Crippen molar-refractivity contribution in [1.29, 1.82) is 0 Å². The van der Waals surface area contributed by atoms with Gasteiger partial charge in [0.05, 0.1) is 0 Å². The van der Waals surface area contributed by atoms with E-state index < -0.39 is 24.7 Å². The average molecular weight is 240 g/mol. The minimum absolute atomic E-state index is 0.00725. The number of Topliss-reactive ketones (excluding diaryl/α,β-unsaturated/α-hetero) is 1. The summed E-state index contributed by atoms with van der Waals surface area (Å²) in [5.41, 5.74) is -1.63. The molecule has 3 heteroatoms. The number of hydrogen-bond acceptors (Lipinski definition) is 2. The highest BCUT2D eigenvalue weighted by atomic mass is 19.1. The predicted octanol–water partition coefficient (Wildman–Crippen LogP) is 2.77. The SMILES string of the molecule is [2H]C([2H])([2H])C([2H])([2H])NC1(c2ccccc2F)CCCCC1=O. The molecule has 1 aliphatic rings. The molecule has 1 aliphatic carbocycles. The molecule has 1 unspecified atom stereocenters. The molecular formula is C14H18FNO. The Bertz CT molecular complexity index is 575. The number of hydrogen-bond donors (Lipinski definition) is 1. The van der Waals surface area contributed by atoms with Gasteiger partial charge in [-0.05, 0) is 25.4 Å². The van der Waals surface area contributed by atoms with Crippen LogP contribution in [0.4, 0.5) is 4.39 Å². The van der Waals surface area contributed by atoms with Crippen LogP contribution in [0.15, 0.2) is 24.3 Å². The molecule has 0 heterocycles. The Morgan fingerprint density at radius 3 is 3.06 bits per heavy atom. The molecule has 1 atom stereocenters. The summed E-state index contributed by atoms with van der Waals surface area (Å²) in [4.78, 5) is 12.5. The van der Waals surface area contributed by atoms with Crippen LogP contribution in [0.2, 0.25) is 0 Å². The first kappa shape index (κ1) is 7.27. The topological polar surface area (TPSA) is 29.1 Å². The van der Waals surface area contributed by atoms with Crippen LogP contribution in [0.1, 0.15) is 45.0 Å². The van der Waals surface area contributed by atoms with Crippen LogP contribution in [-0.4, -0.2) is 12.3 Å². The van der Waals surface area contributed by atoms with Crippen molar-refractivity contribution in [3.63, 3.8) is 0 Å². The zero-order valence-electron chi connectivity index (χ0n) is 14.4. The van der Waals surface area contributed by atoms with E-state index in [0.717, 1.165) is 0 Å². The van der Waals surface area contributed by atoms with Crippen molar-refractivity contribution in [3.8, 4) is 0 Å². The first-order valence-corrected chi connectivity index (χ1v) is 5.68. The van der Waals surface area contributed by atoms with E-state index in [2.05, 4.69) is 5.32 Å². The molecule has 0 saturated heterocycles. The second kappa shape index (κ2) is 4.96. The van der Waals surface area contributed by atoms with Crippen molar-refractivity contribution in [2.45, 2.75) is 38.1 Å². The summed E-state index contributed by atoms with van der Waals surface area (Å²) < 4.78 is 51.7. The number of benzene rings is 1. The minimum Gasteiger partial charge on any atom is -0.301 e. The second-order valence-corrected chi connectivity index (χ2v) is 4.27. The normalized spacial score (nSPS) is 30.9. The van der Waals surface area contributed by atoms with Gasteiger partial charge in [-0.1, -0.05) is 31.5 Å². The molecular weight excluding hydrogens is 217 g/mol. The zero-order chi connectivity index (χ0) is 16.6. The lowest BCUT2D eigenvalue weighted by Gasteiger charge is -2.37. The van der Waals surface area contributed by atoms with Crippen molar-refractivity contribution in [2.75, 3.05) is 6.50 Å². The first-order valence-electron chi connectivity index (χ1n) is 8.18. The molecule has 1 aromatic rings. The highest BCUT2D eigenvalue weighted by molar-refractivity contribution is 5.90. The molecule has 0 amide bonds. The number of likely N-dealkylation sites (N-methyl/N-ethyl adjacent to an activating group) is 1. The Kier molecular flexibility index (Phi) is 2.12. The Labute approximate surface area is 108 Å². The van der Waals surface area contributed by atoms with Gasteiger partial charge in [-0.25, -0.2) is 4.39 Å². The fourth-order valence-corrected chi connectivity index (χ4v) is 2.43. The maximum absolute atomic E-state index is 14.2. The maximum Gasteiger partial charge on any atom is 0.157 e. The van der Waals surface area contributed by atoms with Crippen molar-refractivity contribution in [2.24, 2.45) is 0 Å². The standard InChI is InChI=1S/C14H18FNO/c1-2-16-14(10-6-5-9-13(14)17)11-7-3-4-8-12(11)15/h3-4,7-8,16H,2,5-6,9-10H2,1H3/i1D3,2D2. The molecule has 0 aromatic heterocycles. The van der Waals surface area contributed by atoms with Crippen LogP contribution < -0.4 is 5.32 Å². The van der Waals surface area contributed by atoms with Gasteiger partial charge in [-0.15, -0.1) is 0 Å². The van der Waals surface area contributed by atoms with Crippen LogP contribution in [0.5, 0.6) is 0 Å². The smallest absolute Gasteiger partial charge is 0.157 e. The van der Waals surface area contributed by atoms with E-state index in [-0.39, 0.29) is 24.2 Å². The predicted molar refractivity (Wildman–Crippen MR) is 65.2 cm³/mol. The van der Waals surface area contributed by atoms with Crippen molar-refractivity contribution < 1.29 is 16.0 Å². The van der Waals surface area contributed by atoms with E-state index in [1.807, 2.05) is 0 Å². The van der Waals surface area contributed by atoms with Gasteiger partial charge in [0.15, 0.2) is 5.78 Å². The molecule has 0 aliphatic heterocycles. The van der Waals surface area contributed by atoms with Gasteiger partial charge in [0.2, 0.25) is 0 Å². The molecule has 2 nitrogen and oxygen atoms in total. The highest BCUT2D eigenvalue weighted by Crippen LogP contribution is 2.35. The molecule has 1 fully saturated rings. The third-order valence-corrected chi connectivity index (χ3v) is 3.29. The van der Waals surface area contributed by atoms with Gasteiger partial charge >= 0.3 is 0 Å². The van der Waals surface area contributed by atoms with E-state index in [9.17, 15) is 9.18 Å². The number of carbonyl (C=O) groups is 1. The molecule has 0 spiro atoms. The number of halogens is 1. The molecule has 17 heavy (non-hydrogen) atoms. The number of carbonyl (C=O) groups excluding carboxylic acids is 1. The van der Waals surface area contributed by atoms with Crippen LogP contribution in [0.25, 0.3) is 0 Å². The van der Waals surface area contributed by atoms with Gasteiger partial charge in [0.25, 0.3) is 0 Å². The lowest BCUT2D eigenvalue weighted by molar-refractivity contribution is -0.128. The summed E-state index contributed by atoms with van der Waals surface area (Å²) in [6.45, 7) is -5.77. The summed E-state index contributed by atoms with van der Waals surface area (Å²) in [6, 6.07) is 5.61. The maximum atomic E-state index is 14.2. The van der Waals surface area contributed by atoms with Crippen LogP contribution in [0, 0.1) is 5.82 Å². The van der Waals surface area contributed by atoms with E-state index in [1.165, 1.54) is 18.2 Å². The molecule has 92 valence electrons. The van der Waals surface area contributed by atoms with Crippen molar-refractivity contribution in [1.82, 2.24) is 5.32 Å². The van der Waals surface area contributed by atoms with Gasteiger partial charge in [0.1, 0.15) is 11.4 Å². The van der Waals surface area contributed by atoms with E-state index in [0.29, 0.717) is 12.8 Å². The fourth-order valence-electron chi connectivity index (χ4n) is 2.43. The van der Waals surface area contributed by atoms with E-state index in [4.69, 9.17) is 6.85 Å². The Morgan fingerprint density at radius 1 is 1.53 bits per heavy atom. The van der Waals surface area contributed by atoms with Crippen molar-refractivity contribution >= 4 is 5.78 Å². The Balaban J connectivity index is 2.53. The van der Waals surface area contributed by atoms with Crippen molar-refractivity contribution in [3.05, 3.63) is 35.6 Å². The number of nitrogens with one attached hydrogen (secondary N) is 1. The minimum atomic E-state index is -2.97. The van der Waals surface area contributed by atoms with Crippen LogP contribution >= 0.6 is 0 Å². The quantitative estimate of drug-likeness (QED) is 0.880. The Morgan fingerprint density at radius 2 is 2.35 bits per heavy atom. The van der Waals surface area contributed by atoms with Crippen LogP contribution in [0.3, 0.4) is 0 Å². The average Bonchev–Trinajstić information content (AvgIpc) is 2.40. The number of ketones is 1. The molecule has 1 N–H and O–H groups in total.